The highest BCUT2D eigenvalue weighted by Gasteiger charge is 2.26. The normalized spacial score (nSPS) is 12.1. The van der Waals surface area contributed by atoms with Crippen LogP contribution in [0, 0.1) is 0 Å². The minimum atomic E-state index is -3.83. The van der Waals surface area contributed by atoms with Crippen molar-refractivity contribution >= 4 is 15.9 Å². The first-order chi connectivity index (χ1) is 13.6. The second kappa shape index (κ2) is 8.22. The molecule has 0 saturated heterocycles. The average Bonchev–Trinajstić information content (AvgIpc) is 3.31. The van der Waals surface area contributed by atoms with Crippen LogP contribution in [0.5, 0.6) is 0 Å². The lowest BCUT2D eigenvalue weighted by atomic mass is 10.1. The molecule has 0 spiro atoms. The molecule has 0 bridgehead atoms. The number of carbonyl (C=O) groups excluding carboxylic acids is 1. The summed E-state index contributed by atoms with van der Waals surface area (Å²) < 4.78 is 34.0. The van der Waals surface area contributed by atoms with Gasteiger partial charge in [0.2, 0.25) is 5.09 Å². The van der Waals surface area contributed by atoms with E-state index < -0.39 is 21.5 Å². The molecule has 1 aromatic carbocycles. The number of sulfonamides is 1. The van der Waals surface area contributed by atoms with Gasteiger partial charge in [-0.15, -0.1) is 0 Å². The van der Waals surface area contributed by atoms with E-state index in [-0.39, 0.29) is 10.9 Å². The molecule has 0 aliphatic rings. The minimum absolute atomic E-state index is 0.0562. The van der Waals surface area contributed by atoms with Crippen LogP contribution in [0.1, 0.15) is 36.9 Å². The zero-order chi connectivity index (χ0) is 21.1. The SMILES string of the molecule is CC(C)(C)NS(=O)(=O)c1ccc(C(=O)NCCc2cnn(-c3ccccc3)c2)o1. The third-order valence-corrected chi connectivity index (χ3v) is 5.50. The van der Waals surface area contributed by atoms with E-state index in [1.54, 1.807) is 31.6 Å². The first-order valence-corrected chi connectivity index (χ1v) is 10.6. The highest BCUT2D eigenvalue weighted by molar-refractivity contribution is 7.89. The number of benzene rings is 1. The molecule has 2 N–H and O–H groups in total. The van der Waals surface area contributed by atoms with Crippen molar-refractivity contribution in [2.45, 2.75) is 37.8 Å². The van der Waals surface area contributed by atoms with Gasteiger partial charge in [0.25, 0.3) is 15.9 Å². The molecular weight excluding hydrogens is 392 g/mol. The van der Waals surface area contributed by atoms with E-state index in [0.717, 1.165) is 11.3 Å². The van der Waals surface area contributed by atoms with Crippen molar-refractivity contribution in [1.82, 2.24) is 19.8 Å². The number of nitrogens with one attached hydrogen (secondary N) is 2. The molecule has 2 heterocycles. The Morgan fingerprint density at radius 3 is 2.55 bits per heavy atom. The zero-order valence-electron chi connectivity index (χ0n) is 16.5. The Morgan fingerprint density at radius 1 is 1.14 bits per heavy atom. The summed E-state index contributed by atoms with van der Waals surface area (Å²) in [6.45, 7) is 5.53. The fourth-order valence-electron chi connectivity index (χ4n) is 2.66. The van der Waals surface area contributed by atoms with E-state index in [9.17, 15) is 13.2 Å². The smallest absolute Gasteiger partial charge is 0.287 e. The Balaban J connectivity index is 1.56. The van der Waals surface area contributed by atoms with Crippen molar-refractivity contribution in [3.05, 3.63) is 66.2 Å². The van der Waals surface area contributed by atoms with Crippen LogP contribution in [0.25, 0.3) is 5.69 Å². The third kappa shape index (κ3) is 5.55. The predicted molar refractivity (Wildman–Crippen MR) is 108 cm³/mol. The van der Waals surface area contributed by atoms with Gasteiger partial charge < -0.3 is 9.73 Å². The first-order valence-electron chi connectivity index (χ1n) is 9.15. The van der Waals surface area contributed by atoms with Gasteiger partial charge in [0, 0.05) is 18.3 Å². The molecule has 0 radical (unpaired) electrons. The summed E-state index contributed by atoms with van der Waals surface area (Å²) in [5, 5.41) is 6.75. The molecule has 154 valence electrons. The molecule has 3 rings (SSSR count). The molecule has 0 unspecified atom stereocenters. The van der Waals surface area contributed by atoms with Crippen molar-refractivity contribution in [1.29, 1.82) is 0 Å². The first kappa shape index (κ1) is 20.8. The van der Waals surface area contributed by atoms with E-state index in [1.165, 1.54) is 12.1 Å². The Morgan fingerprint density at radius 2 is 1.86 bits per heavy atom. The molecule has 0 fully saturated rings. The van der Waals surface area contributed by atoms with Gasteiger partial charge in [0.05, 0.1) is 11.9 Å². The summed E-state index contributed by atoms with van der Waals surface area (Å²) >= 11 is 0. The predicted octanol–water partition coefficient (Wildman–Crippen LogP) is 2.51. The molecule has 0 aliphatic heterocycles. The lowest BCUT2D eigenvalue weighted by molar-refractivity contribution is 0.0921. The summed E-state index contributed by atoms with van der Waals surface area (Å²) in [5.74, 6) is -0.531. The lowest BCUT2D eigenvalue weighted by Crippen LogP contribution is -2.40. The molecule has 8 nitrogen and oxygen atoms in total. The topological polar surface area (TPSA) is 106 Å². The van der Waals surface area contributed by atoms with Crippen molar-refractivity contribution in [2.24, 2.45) is 0 Å². The highest BCUT2D eigenvalue weighted by atomic mass is 32.2. The van der Waals surface area contributed by atoms with Gasteiger partial charge in [0.1, 0.15) is 0 Å². The monoisotopic (exact) mass is 416 g/mol. The van der Waals surface area contributed by atoms with Gasteiger partial charge >= 0.3 is 0 Å². The Labute approximate surface area is 170 Å². The van der Waals surface area contributed by atoms with Crippen LogP contribution >= 0.6 is 0 Å². The standard InChI is InChI=1S/C20H24N4O4S/c1-20(2,3)23-29(26,27)18-10-9-17(28-18)19(25)21-12-11-15-13-22-24(14-15)16-7-5-4-6-8-16/h4-10,13-14,23H,11-12H2,1-3H3,(H,21,25). The van der Waals surface area contributed by atoms with Crippen LogP contribution in [0.4, 0.5) is 0 Å². The number of aromatic nitrogens is 2. The van der Waals surface area contributed by atoms with E-state index in [2.05, 4.69) is 15.1 Å². The molecule has 1 amide bonds. The van der Waals surface area contributed by atoms with E-state index in [4.69, 9.17) is 4.42 Å². The lowest BCUT2D eigenvalue weighted by Gasteiger charge is -2.18. The molecular formula is C20H24N4O4S. The van der Waals surface area contributed by atoms with E-state index in [1.807, 2.05) is 36.5 Å². The van der Waals surface area contributed by atoms with Crippen LogP contribution in [-0.4, -0.2) is 36.2 Å². The van der Waals surface area contributed by atoms with Crippen LogP contribution < -0.4 is 10.0 Å². The second-order valence-electron chi connectivity index (χ2n) is 7.61. The van der Waals surface area contributed by atoms with Gasteiger partial charge in [0.15, 0.2) is 5.76 Å². The van der Waals surface area contributed by atoms with Crippen LogP contribution in [0.2, 0.25) is 0 Å². The summed E-state index contributed by atoms with van der Waals surface area (Å²) in [4.78, 5) is 12.2. The number of para-hydroxylation sites is 1. The van der Waals surface area contributed by atoms with Gasteiger partial charge in [-0.2, -0.15) is 5.10 Å². The second-order valence-corrected chi connectivity index (χ2v) is 9.22. The maximum atomic E-state index is 12.3. The van der Waals surface area contributed by atoms with Gasteiger partial charge in [-0.05, 0) is 57.0 Å². The average molecular weight is 417 g/mol. The third-order valence-electron chi connectivity index (χ3n) is 3.87. The highest BCUT2D eigenvalue weighted by Crippen LogP contribution is 2.16. The molecule has 0 aliphatic carbocycles. The van der Waals surface area contributed by atoms with Crippen molar-refractivity contribution < 1.29 is 17.6 Å². The Bertz CT molecular complexity index is 1080. The molecule has 2 aromatic heterocycles. The maximum Gasteiger partial charge on any atom is 0.287 e. The Hall–Kier alpha value is -2.91. The van der Waals surface area contributed by atoms with Crippen molar-refractivity contribution in [3.63, 3.8) is 0 Å². The number of hydrogen-bond acceptors (Lipinski definition) is 5. The summed E-state index contributed by atoms with van der Waals surface area (Å²) in [6, 6.07) is 12.3. The van der Waals surface area contributed by atoms with Crippen molar-refractivity contribution in [2.75, 3.05) is 6.54 Å². The number of nitrogens with zero attached hydrogens (tertiary/aromatic N) is 2. The summed E-state index contributed by atoms with van der Waals surface area (Å²) in [5.41, 5.74) is 1.26. The quantitative estimate of drug-likeness (QED) is 0.616. The zero-order valence-corrected chi connectivity index (χ0v) is 17.4. The van der Waals surface area contributed by atoms with Crippen LogP contribution in [-0.2, 0) is 16.4 Å². The van der Waals surface area contributed by atoms with Crippen molar-refractivity contribution in [3.8, 4) is 5.69 Å². The maximum absolute atomic E-state index is 12.3. The van der Waals surface area contributed by atoms with Gasteiger partial charge in [-0.3, -0.25) is 4.79 Å². The summed E-state index contributed by atoms with van der Waals surface area (Å²) in [7, 11) is -3.83. The minimum Gasteiger partial charge on any atom is -0.438 e. The number of carbonyl (C=O) groups is 1. The molecule has 29 heavy (non-hydrogen) atoms. The molecule has 9 heteroatoms. The molecule has 3 aromatic rings. The molecule has 0 atom stereocenters. The van der Waals surface area contributed by atoms with E-state index in [0.29, 0.717) is 13.0 Å². The van der Waals surface area contributed by atoms with Gasteiger partial charge in [-0.1, -0.05) is 18.2 Å². The number of rotatable bonds is 7. The van der Waals surface area contributed by atoms with E-state index >= 15 is 0 Å². The number of hydrogen-bond donors (Lipinski definition) is 2. The summed E-state index contributed by atoms with van der Waals surface area (Å²) in [6.07, 6.45) is 4.22. The fraction of sp³-hybridized carbons (Fsp3) is 0.300. The van der Waals surface area contributed by atoms with Gasteiger partial charge in [-0.25, -0.2) is 17.8 Å². The van der Waals surface area contributed by atoms with Crippen LogP contribution in [0.15, 0.2) is 64.4 Å². The molecule has 0 saturated carbocycles. The fourth-order valence-corrected chi connectivity index (χ4v) is 4.01. The number of furan rings is 1. The largest absolute Gasteiger partial charge is 0.438 e. The Kier molecular flexibility index (Phi) is 5.90. The number of amides is 1. The van der Waals surface area contributed by atoms with Crippen LogP contribution in [0.3, 0.4) is 0 Å².